The fourth-order valence-corrected chi connectivity index (χ4v) is 2.37. The fraction of sp³-hybridized carbons (Fsp3) is 0.400. The van der Waals surface area contributed by atoms with E-state index in [2.05, 4.69) is 10.6 Å². The van der Waals surface area contributed by atoms with Crippen molar-refractivity contribution < 1.29 is 19.1 Å². The number of methoxy groups -OCH3 is 1. The van der Waals surface area contributed by atoms with Gasteiger partial charge in [0.2, 0.25) is 0 Å². The van der Waals surface area contributed by atoms with Crippen LogP contribution in [0.2, 0.25) is 0 Å². The smallest absolute Gasteiger partial charge is 0.319 e. The van der Waals surface area contributed by atoms with Crippen LogP contribution in [-0.4, -0.2) is 55.4 Å². The lowest BCUT2D eigenvalue weighted by atomic mass is 10.1. The lowest BCUT2D eigenvalue weighted by Crippen LogP contribution is -2.31. The Balaban J connectivity index is 2.08. The molecule has 0 spiro atoms. The predicted molar refractivity (Wildman–Crippen MR) is 86.0 cm³/mol. The van der Waals surface area contributed by atoms with Crippen molar-refractivity contribution in [3.63, 3.8) is 0 Å². The van der Waals surface area contributed by atoms with E-state index >= 15 is 0 Å². The first-order valence-corrected chi connectivity index (χ1v) is 7.72. The molecule has 1 heterocycles. The zero-order valence-corrected chi connectivity index (χ0v) is 13.5. The Morgan fingerprint density at radius 2 is 2.00 bits per heavy atom. The van der Waals surface area contributed by atoms with Gasteiger partial charge < -0.3 is 15.4 Å². The van der Waals surface area contributed by atoms with E-state index in [0.717, 1.165) is 0 Å². The van der Waals surface area contributed by atoms with Crippen molar-refractivity contribution in [2.24, 2.45) is 0 Å². The minimum atomic E-state index is -0.417. The van der Waals surface area contributed by atoms with E-state index in [9.17, 15) is 14.4 Å². The molecule has 124 valence electrons. The Labute approximate surface area is 138 Å². The van der Waals surface area contributed by atoms with Crippen molar-refractivity contribution in [3.05, 3.63) is 29.3 Å². The highest BCUT2D eigenvalue weighted by molar-refractivity contribution is 6.21. The Bertz CT molecular complexity index is 621. The molecule has 0 bridgehead atoms. The van der Waals surface area contributed by atoms with Gasteiger partial charge in [0.05, 0.1) is 11.1 Å². The Kier molecular flexibility index (Phi) is 5.95. The zero-order valence-electron chi connectivity index (χ0n) is 12.7. The summed E-state index contributed by atoms with van der Waals surface area (Å²) in [7, 11) is 1.57. The first kappa shape index (κ1) is 17.2. The molecule has 2 rings (SSSR count). The third-order valence-corrected chi connectivity index (χ3v) is 3.53. The molecule has 1 aromatic carbocycles. The number of ether oxygens (including phenoxy) is 1. The van der Waals surface area contributed by atoms with Crippen molar-refractivity contribution in [2.45, 2.75) is 6.42 Å². The van der Waals surface area contributed by atoms with Crippen LogP contribution >= 0.6 is 11.6 Å². The van der Waals surface area contributed by atoms with Gasteiger partial charge in [0.25, 0.3) is 11.8 Å². The van der Waals surface area contributed by atoms with E-state index in [1.807, 2.05) is 0 Å². The van der Waals surface area contributed by atoms with Crippen LogP contribution in [0.25, 0.3) is 0 Å². The molecular formula is C15H18ClN3O4. The number of urea groups is 1. The summed E-state index contributed by atoms with van der Waals surface area (Å²) in [4.78, 5) is 37.4. The van der Waals surface area contributed by atoms with Crippen molar-refractivity contribution >= 4 is 35.1 Å². The number of imide groups is 1. The van der Waals surface area contributed by atoms with Gasteiger partial charge in [0.1, 0.15) is 0 Å². The van der Waals surface area contributed by atoms with Crippen LogP contribution in [-0.2, 0) is 4.74 Å². The van der Waals surface area contributed by atoms with Gasteiger partial charge in [0, 0.05) is 38.4 Å². The minimum absolute atomic E-state index is 0.294. The quantitative estimate of drug-likeness (QED) is 0.449. The molecule has 0 saturated heterocycles. The third kappa shape index (κ3) is 4.00. The Hall–Kier alpha value is -2.12. The first-order chi connectivity index (χ1) is 11.1. The van der Waals surface area contributed by atoms with Crippen LogP contribution in [0.15, 0.2) is 18.2 Å². The number of halogens is 1. The number of hydrogen-bond acceptors (Lipinski definition) is 4. The maximum Gasteiger partial charge on any atom is 0.319 e. The van der Waals surface area contributed by atoms with E-state index in [4.69, 9.17) is 16.3 Å². The Morgan fingerprint density at radius 3 is 2.70 bits per heavy atom. The second kappa shape index (κ2) is 7.94. The number of nitrogens with zero attached hydrogens (tertiary/aromatic N) is 1. The molecule has 1 aliphatic rings. The topological polar surface area (TPSA) is 87.7 Å². The van der Waals surface area contributed by atoms with Crippen LogP contribution in [0.1, 0.15) is 27.1 Å². The van der Waals surface area contributed by atoms with Crippen LogP contribution in [0.3, 0.4) is 0 Å². The van der Waals surface area contributed by atoms with E-state index in [0.29, 0.717) is 48.8 Å². The molecule has 1 aliphatic heterocycles. The predicted octanol–water partition coefficient (Wildman–Crippen LogP) is 1.68. The monoisotopic (exact) mass is 339 g/mol. The largest absolute Gasteiger partial charge is 0.385 e. The van der Waals surface area contributed by atoms with Gasteiger partial charge in [0.15, 0.2) is 0 Å². The van der Waals surface area contributed by atoms with Crippen molar-refractivity contribution in [1.82, 2.24) is 10.2 Å². The highest BCUT2D eigenvalue weighted by atomic mass is 35.5. The molecule has 0 radical (unpaired) electrons. The summed E-state index contributed by atoms with van der Waals surface area (Å²) in [6.07, 6.45) is 0.577. The van der Waals surface area contributed by atoms with Crippen LogP contribution < -0.4 is 10.6 Å². The van der Waals surface area contributed by atoms with Gasteiger partial charge in [-0.3, -0.25) is 14.5 Å². The van der Waals surface area contributed by atoms with Crippen molar-refractivity contribution in [1.29, 1.82) is 0 Å². The average Bonchev–Trinajstić information content (AvgIpc) is 2.77. The number of benzene rings is 1. The summed E-state index contributed by atoms with van der Waals surface area (Å²) >= 11 is 5.49. The second-order valence-electron chi connectivity index (χ2n) is 4.94. The molecule has 8 heteroatoms. The molecule has 1 aromatic rings. The number of hydrogen-bond donors (Lipinski definition) is 2. The normalized spacial score (nSPS) is 13.2. The molecule has 0 saturated carbocycles. The summed E-state index contributed by atoms with van der Waals surface area (Å²) in [5, 5.41) is 5.15. The molecule has 7 nitrogen and oxygen atoms in total. The summed E-state index contributed by atoms with van der Waals surface area (Å²) in [6.45, 7) is 1.11. The first-order valence-electron chi connectivity index (χ1n) is 7.18. The summed E-state index contributed by atoms with van der Waals surface area (Å²) in [6, 6.07) is 4.22. The van der Waals surface area contributed by atoms with Gasteiger partial charge in [-0.2, -0.15) is 0 Å². The number of rotatable bonds is 7. The Morgan fingerprint density at radius 1 is 1.26 bits per heavy atom. The van der Waals surface area contributed by atoms with E-state index in [1.54, 1.807) is 19.2 Å². The standard InChI is InChI=1S/C15H18ClN3O4/c1-23-8-2-7-19-13(20)11-4-3-10(9-12(11)14(19)21)18-15(22)17-6-5-16/h3-4,9H,2,5-8H2,1H3,(H2,17,18,22). The van der Waals surface area contributed by atoms with Gasteiger partial charge in [-0.15, -0.1) is 11.6 Å². The molecule has 0 aromatic heterocycles. The molecule has 4 amide bonds. The highest BCUT2D eigenvalue weighted by Gasteiger charge is 2.35. The van der Waals surface area contributed by atoms with Gasteiger partial charge >= 0.3 is 6.03 Å². The number of alkyl halides is 1. The van der Waals surface area contributed by atoms with Gasteiger partial charge in [-0.1, -0.05) is 0 Å². The van der Waals surface area contributed by atoms with E-state index in [1.165, 1.54) is 11.0 Å². The van der Waals surface area contributed by atoms with Crippen LogP contribution in [0.5, 0.6) is 0 Å². The molecule has 2 N–H and O–H groups in total. The molecule has 0 fully saturated rings. The average molecular weight is 340 g/mol. The van der Waals surface area contributed by atoms with Gasteiger partial charge in [-0.25, -0.2) is 4.79 Å². The summed E-state index contributed by atoms with van der Waals surface area (Å²) < 4.78 is 4.93. The van der Waals surface area contributed by atoms with Gasteiger partial charge in [-0.05, 0) is 24.6 Å². The highest BCUT2D eigenvalue weighted by Crippen LogP contribution is 2.26. The molecule has 23 heavy (non-hydrogen) atoms. The van der Waals surface area contributed by atoms with Crippen LogP contribution in [0.4, 0.5) is 10.5 Å². The maximum atomic E-state index is 12.3. The number of anilines is 1. The van der Waals surface area contributed by atoms with Crippen molar-refractivity contribution in [2.75, 3.05) is 38.0 Å². The summed E-state index contributed by atoms with van der Waals surface area (Å²) in [5.41, 5.74) is 1.08. The number of carbonyl (C=O) groups is 3. The second-order valence-corrected chi connectivity index (χ2v) is 5.32. The number of amides is 4. The van der Waals surface area contributed by atoms with Crippen molar-refractivity contribution in [3.8, 4) is 0 Å². The number of carbonyl (C=O) groups excluding carboxylic acids is 3. The lowest BCUT2D eigenvalue weighted by molar-refractivity contribution is 0.0638. The van der Waals surface area contributed by atoms with E-state index in [-0.39, 0.29) is 11.8 Å². The fourth-order valence-electron chi connectivity index (χ4n) is 2.27. The molecule has 0 unspecified atom stereocenters. The minimum Gasteiger partial charge on any atom is -0.385 e. The lowest BCUT2D eigenvalue weighted by Gasteiger charge is -2.12. The third-order valence-electron chi connectivity index (χ3n) is 3.34. The number of nitrogens with one attached hydrogen (secondary N) is 2. The zero-order chi connectivity index (χ0) is 16.8. The van der Waals surface area contributed by atoms with Crippen LogP contribution in [0, 0.1) is 0 Å². The van der Waals surface area contributed by atoms with E-state index < -0.39 is 6.03 Å². The SMILES string of the molecule is COCCCN1C(=O)c2ccc(NC(=O)NCCCl)cc2C1=O. The molecule has 0 aliphatic carbocycles. The molecular weight excluding hydrogens is 322 g/mol. The number of fused-ring (bicyclic) bond motifs is 1. The maximum absolute atomic E-state index is 12.3. The summed E-state index contributed by atoms with van der Waals surface area (Å²) in [5.74, 6) is -0.369. The molecule has 0 atom stereocenters.